The first-order valence-corrected chi connectivity index (χ1v) is 13.3. The smallest absolute Gasteiger partial charge is 0.221 e. The molecule has 202 valence electrons. The van der Waals surface area contributed by atoms with Crippen molar-refractivity contribution in [1.82, 2.24) is 21.3 Å². The molecule has 0 radical (unpaired) electrons. The first-order valence-electron chi connectivity index (χ1n) is 13.3. The van der Waals surface area contributed by atoms with Crippen molar-refractivity contribution >= 4 is 11.8 Å². The van der Waals surface area contributed by atoms with Gasteiger partial charge in [0.1, 0.15) is 0 Å². The summed E-state index contributed by atoms with van der Waals surface area (Å²) < 4.78 is 0. The lowest BCUT2D eigenvalue weighted by molar-refractivity contribution is -0.122. The number of hydrogen-bond donors (Lipinski definition) is 4. The van der Waals surface area contributed by atoms with Crippen LogP contribution in [0.3, 0.4) is 0 Å². The fourth-order valence-corrected chi connectivity index (χ4v) is 4.83. The van der Waals surface area contributed by atoms with Crippen molar-refractivity contribution in [3.05, 3.63) is 0 Å². The Balaban J connectivity index is 3.92. The van der Waals surface area contributed by atoms with E-state index >= 15 is 0 Å². The van der Waals surface area contributed by atoms with Gasteiger partial charge < -0.3 is 21.3 Å². The predicted molar refractivity (Wildman–Crippen MR) is 146 cm³/mol. The minimum absolute atomic E-state index is 0.0948. The van der Waals surface area contributed by atoms with Gasteiger partial charge in [-0.2, -0.15) is 0 Å². The van der Waals surface area contributed by atoms with E-state index in [0.29, 0.717) is 38.4 Å². The molecule has 2 amide bonds. The van der Waals surface area contributed by atoms with Gasteiger partial charge in [-0.05, 0) is 40.4 Å². The number of amides is 2. The quantitative estimate of drug-likeness (QED) is 0.240. The molecule has 0 aromatic carbocycles. The maximum Gasteiger partial charge on any atom is 0.221 e. The minimum atomic E-state index is 0.0948. The van der Waals surface area contributed by atoms with E-state index in [2.05, 4.69) is 97.4 Å². The summed E-state index contributed by atoms with van der Waals surface area (Å²) in [5.74, 6) is 0.708. The molecular weight excluding hydrogens is 424 g/mol. The first kappa shape index (κ1) is 32.9. The molecule has 0 bridgehead atoms. The zero-order valence-electron chi connectivity index (χ0n) is 24.5. The molecule has 1 unspecified atom stereocenters. The SMILES string of the molecule is CC(C)C(C)(CNC(=O)CCNCCNCCC(=O)NCC(C)(C)CC(C)(C)C)CC(C)(C)C. The second kappa shape index (κ2) is 14.4. The average molecular weight is 483 g/mol. The molecule has 0 aromatic rings. The summed E-state index contributed by atoms with van der Waals surface area (Å²) in [6.45, 7) is 29.0. The van der Waals surface area contributed by atoms with Crippen molar-refractivity contribution in [2.24, 2.45) is 27.6 Å². The van der Waals surface area contributed by atoms with Gasteiger partial charge >= 0.3 is 0 Å². The second-order valence-corrected chi connectivity index (χ2v) is 14.0. The van der Waals surface area contributed by atoms with Crippen LogP contribution in [0.4, 0.5) is 0 Å². The third-order valence-electron chi connectivity index (χ3n) is 6.33. The van der Waals surface area contributed by atoms with E-state index in [1.165, 1.54) is 0 Å². The fourth-order valence-electron chi connectivity index (χ4n) is 4.83. The molecular formula is C28H58N4O2. The predicted octanol–water partition coefficient (Wildman–Crippen LogP) is 4.74. The molecule has 0 aliphatic heterocycles. The Morgan fingerprint density at radius 3 is 1.41 bits per heavy atom. The summed E-state index contributed by atoms with van der Waals surface area (Å²) >= 11 is 0. The summed E-state index contributed by atoms with van der Waals surface area (Å²) in [6, 6.07) is 0. The van der Waals surface area contributed by atoms with Crippen molar-refractivity contribution in [2.75, 3.05) is 39.3 Å². The molecule has 0 spiro atoms. The highest BCUT2D eigenvalue weighted by Gasteiger charge is 2.33. The van der Waals surface area contributed by atoms with E-state index in [0.717, 1.165) is 32.5 Å². The van der Waals surface area contributed by atoms with Crippen LogP contribution < -0.4 is 21.3 Å². The number of carbonyl (C=O) groups excluding carboxylic acids is 2. The number of carbonyl (C=O) groups is 2. The van der Waals surface area contributed by atoms with Crippen LogP contribution in [0.1, 0.15) is 102 Å². The zero-order chi connectivity index (χ0) is 26.6. The molecule has 6 nitrogen and oxygen atoms in total. The topological polar surface area (TPSA) is 82.3 Å². The third-order valence-corrected chi connectivity index (χ3v) is 6.33. The molecule has 1 atom stereocenters. The van der Waals surface area contributed by atoms with Crippen molar-refractivity contribution in [2.45, 2.75) is 102 Å². The monoisotopic (exact) mass is 482 g/mol. The van der Waals surface area contributed by atoms with Gasteiger partial charge in [-0.15, -0.1) is 0 Å². The Morgan fingerprint density at radius 1 is 0.618 bits per heavy atom. The van der Waals surface area contributed by atoms with Crippen LogP contribution in [0.25, 0.3) is 0 Å². The van der Waals surface area contributed by atoms with Crippen LogP contribution in [0.2, 0.25) is 0 Å². The summed E-state index contributed by atoms with van der Waals surface area (Å²) in [5, 5.41) is 12.8. The third kappa shape index (κ3) is 17.3. The van der Waals surface area contributed by atoms with Gasteiger partial charge in [0.25, 0.3) is 0 Å². The van der Waals surface area contributed by atoms with Gasteiger partial charge in [-0.25, -0.2) is 0 Å². The summed E-state index contributed by atoms with van der Waals surface area (Å²) in [5.41, 5.74) is 0.684. The molecule has 0 saturated carbocycles. The number of rotatable bonds is 16. The zero-order valence-corrected chi connectivity index (χ0v) is 24.5. The van der Waals surface area contributed by atoms with Gasteiger partial charge in [0.15, 0.2) is 0 Å². The molecule has 0 aliphatic rings. The van der Waals surface area contributed by atoms with Crippen LogP contribution in [-0.4, -0.2) is 51.1 Å². The number of hydrogen-bond acceptors (Lipinski definition) is 4. The molecule has 0 heterocycles. The van der Waals surface area contributed by atoms with E-state index in [-0.39, 0.29) is 33.5 Å². The fraction of sp³-hybridized carbons (Fsp3) is 0.929. The molecule has 0 aromatic heterocycles. The van der Waals surface area contributed by atoms with Gasteiger partial charge in [-0.3, -0.25) is 9.59 Å². The first-order chi connectivity index (χ1) is 15.4. The van der Waals surface area contributed by atoms with Crippen molar-refractivity contribution in [3.63, 3.8) is 0 Å². The Kier molecular flexibility index (Phi) is 13.9. The van der Waals surface area contributed by atoms with E-state index < -0.39 is 0 Å². The van der Waals surface area contributed by atoms with Gasteiger partial charge in [0, 0.05) is 52.1 Å². The molecule has 0 fully saturated rings. The Labute approximate surface area is 211 Å². The van der Waals surface area contributed by atoms with Crippen LogP contribution in [0.15, 0.2) is 0 Å². The molecule has 0 rings (SSSR count). The lowest BCUT2D eigenvalue weighted by atomic mass is 9.68. The summed E-state index contributed by atoms with van der Waals surface area (Å²) in [4.78, 5) is 24.4. The van der Waals surface area contributed by atoms with Crippen molar-refractivity contribution < 1.29 is 9.59 Å². The maximum absolute atomic E-state index is 12.3. The van der Waals surface area contributed by atoms with Crippen LogP contribution in [0, 0.1) is 27.6 Å². The lowest BCUT2D eigenvalue weighted by Crippen LogP contribution is -2.42. The second-order valence-electron chi connectivity index (χ2n) is 14.0. The van der Waals surface area contributed by atoms with Crippen molar-refractivity contribution in [3.8, 4) is 0 Å². The van der Waals surface area contributed by atoms with E-state index in [9.17, 15) is 9.59 Å². The van der Waals surface area contributed by atoms with Crippen LogP contribution in [0.5, 0.6) is 0 Å². The standard InChI is InChI=1S/C28H58N4O2/c1-22(2)28(11,19-26(6,7)8)21-32-24(34)13-15-30-17-16-29-14-12-23(33)31-20-27(9,10)18-25(3,4)5/h22,29-30H,12-21H2,1-11H3,(H,31,33)(H,32,34). The van der Waals surface area contributed by atoms with E-state index in [1.54, 1.807) is 0 Å². The van der Waals surface area contributed by atoms with Gasteiger partial charge in [-0.1, -0.05) is 76.2 Å². The Morgan fingerprint density at radius 2 is 1.03 bits per heavy atom. The Hall–Kier alpha value is -1.14. The van der Waals surface area contributed by atoms with Crippen LogP contribution >= 0.6 is 0 Å². The molecule has 0 aliphatic carbocycles. The minimum Gasteiger partial charge on any atom is -0.356 e. The average Bonchev–Trinajstić information content (AvgIpc) is 2.63. The summed E-state index contributed by atoms with van der Waals surface area (Å²) in [6.07, 6.45) is 3.11. The number of nitrogens with one attached hydrogen (secondary N) is 4. The van der Waals surface area contributed by atoms with Crippen LogP contribution in [-0.2, 0) is 9.59 Å². The lowest BCUT2D eigenvalue weighted by Gasteiger charge is -2.39. The normalized spacial score (nSPS) is 14.7. The molecule has 6 heteroatoms. The summed E-state index contributed by atoms with van der Waals surface area (Å²) in [7, 11) is 0. The van der Waals surface area contributed by atoms with Crippen molar-refractivity contribution in [1.29, 1.82) is 0 Å². The highest BCUT2D eigenvalue weighted by Crippen LogP contribution is 2.38. The van der Waals surface area contributed by atoms with E-state index in [4.69, 9.17) is 0 Å². The van der Waals surface area contributed by atoms with Gasteiger partial charge in [0.05, 0.1) is 0 Å². The van der Waals surface area contributed by atoms with Gasteiger partial charge in [0.2, 0.25) is 11.8 Å². The molecule has 4 N–H and O–H groups in total. The van der Waals surface area contributed by atoms with E-state index in [1.807, 2.05) is 0 Å². The highest BCUT2D eigenvalue weighted by atomic mass is 16.2. The largest absolute Gasteiger partial charge is 0.356 e. The highest BCUT2D eigenvalue weighted by molar-refractivity contribution is 5.76. The molecule has 34 heavy (non-hydrogen) atoms. The molecule has 0 saturated heterocycles. The maximum atomic E-state index is 12.3. The Bertz CT molecular complexity index is 603.